The van der Waals surface area contributed by atoms with Crippen molar-refractivity contribution in [2.45, 2.75) is 37.8 Å². The molecule has 1 fully saturated rings. The molecule has 1 aliphatic rings. The number of aliphatic hydroxyl groups is 1. The van der Waals surface area contributed by atoms with Gasteiger partial charge >= 0.3 is 0 Å². The van der Waals surface area contributed by atoms with Crippen LogP contribution in [0.1, 0.15) is 36.0 Å². The fourth-order valence-corrected chi connectivity index (χ4v) is 2.41. The molecule has 1 aromatic rings. The Hall–Kier alpha value is -1.81. The van der Waals surface area contributed by atoms with Gasteiger partial charge in [0.15, 0.2) is 0 Å². The molecule has 0 bridgehead atoms. The summed E-state index contributed by atoms with van der Waals surface area (Å²) >= 11 is 0. The average molecular weight is 275 g/mol. The van der Waals surface area contributed by atoms with Crippen molar-refractivity contribution in [2.24, 2.45) is 0 Å². The van der Waals surface area contributed by atoms with Gasteiger partial charge < -0.3 is 15.2 Å². The Labute approximate surface area is 119 Å². The number of hydrogen-bond donors (Lipinski definition) is 2. The summed E-state index contributed by atoms with van der Waals surface area (Å²) in [5.41, 5.74) is 0.542. The van der Waals surface area contributed by atoms with Gasteiger partial charge in [0.05, 0.1) is 11.7 Å². The van der Waals surface area contributed by atoms with Gasteiger partial charge in [0, 0.05) is 6.04 Å². The molecule has 2 N–H and O–H groups in total. The van der Waals surface area contributed by atoms with E-state index in [9.17, 15) is 9.90 Å². The summed E-state index contributed by atoms with van der Waals surface area (Å²) in [6.45, 7) is 3.98. The second-order valence-electron chi connectivity index (χ2n) is 5.07. The molecule has 2 rings (SSSR count). The summed E-state index contributed by atoms with van der Waals surface area (Å²) in [6.07, 6.45) is 4.58. The van der Waals surface area contributed by atoms with Crippen LogP contribution in [-0.2, 0) is 0 Å². The Morgan fingerprint density at radius 2 is 2.05 bits per heavy atom. The molecular weight excluding hydrogens is 254 g/mol. The van der Waals surface area contributed by atoms with E-state index >= 15 is 0 Å². The molecule has 0 aromatic heterocycles. The summed E-state index contributed by atoms with van der Waals surface area (Å²) in [7, 11) is 0. The molecule has 0 spiro atoms. The first kappa shape index (κ1) is 14.6. The van der Waals surface area contributed by atoms with Crippen molar-refractivity contribution < 1.29 is 14.6 Å². The molecule has 1 aromatic carbocycles. The van der Waals surface area contributed by atoms with E-state index in [2.05, 4.69) is 11.9 Å². The molecule has 0 aliphatic heterocycles. The third kappa shape index (κ3) is 3.84. The molecule has 4 heteroatoms. The molecule has 4 nitrogen and oxygen atoms in total. The maximum Gasteiger partial charge on any atom is 0.255 e. The summed E-state index contributed by atoms with van der Waals surface area (Å²) in [5.74, 6) is 0.451. The zero-order valence-corrected chi connectivity index (χ0v) is 11.5. The maximum atomic E-state index is 12.3. The van der Waals surface area contributed by atoms with Gasteiger partial charge in [0.25, 0.3) is 5.91 Å². The largest absolute Gasteiger partial charge is 0.489 e. The number of ether oxygens (including phenoxy) is 1. The fraction of sp³-hybridized carbons (Fsp3) is 0.438. The molecule has 108 valence electrons. The molecule has 0 radical (unpaired) electrons. The van der Waals surface area contributed by atoms with Crippen LogP contribution in [0.4, 0.5) is 0 Å². The van der Waals surface area contributed by atoms with E-state index in [1.54, 1.807) is 18.2 Å². The van der Waals surface area contributed by atoms with E-state index in [0.717, 1.165) is 25.7 Å². The van der Waals surface area contributed by atoms with Crippen LogP contribution in [0.25, 0.3) is 0 Å². The summed E-state index contributed by atoms with van der Waals surface area (Å²) in [4.78, 5) is 12.3. The normalized spacial score (nSPS) is 22.1. The molecule has 1 aliphatic carbocycles. The standard InChI is InChI=1S/C16H21NO3/c1-2-11-20-15-6-4-3-5-14(15)16(19)17-12-7-9-13(18)10-8-12/h2-6,12-13,18H,1,7-11H2,(H,17,19). The van der Waals surface area contributed by atoms with E-state index in [1.165, 1.54) is 0 Å². The number of aliphatic hydroxyl groups excluding tert-OH is 1. The second kappa shape index (κ2) is 7.10. The number of nitrogens with one attached hydrogen (secondary N) is 1. The van der Waals surface area contributed by atoms with Crippen LogP contribution in [0.5, 0.6) is 5.75 Å². The van der Waals surface area contributed by atoms with Gasteiger partial charge in [-0.25, -0.2) is 0 Å². The lowest BCUT2D eigenvalue weighted by molar-refractivity contribution is 0.0864. The van der Waals surface area contributed by atoms with E-state index in [-0.39, 0.29) is 18.1 Å². The van der Waals surface area contributed by atoms with Crippen LogP contribution in [0, 0.1) is 0 Å². The number of para-hydroxylation sites is 1. The van der Waals surface area contributed by atoms with Crippen LogP contribution in [-0.4, -0.2) is 29.8 Å². The monoisotopic (exact) mass is 275 g/mol. The molecule has 1 amide bonds. The highest BCUT2D eigenvalue weighted by Crippen LogP contribution is 2.21. The summed E-state index contributed by atoms with van der Waals surface area (Å²) in [5, 5.41) is 12.5. The number of carbonyl (C=O) groups is 1. The van der Waals surface area contributed by atoms with Gasteiger partial charge in [0.2, 0.25) is 0 Å². The van der Waals surface area contributed by atoms with E-state index in [0.29, 0.717) is 17.9 Å². The molecule has 0 saturated heterocycles. The number of carbonyl (C=O) groups excluding carboxylic acids is 1. The highest BCUT2D eigenvalue weighted by molar-refractivity contribution is 5.97. The Bertz CT molecular complexity index is 465. The smallest absolute Gasteiger partial charge is 0.255 e. The summed E-state index contributed by atoms with van der Waals surface area (Å²) < 4.78 is 5.49. The predicted molar refractivity (Wildman–Crippen MR) is 77.9 cm³/mol. The van der Waals surface area contributed by atoms with Gasteiger partial charge in [-0.15, -0.1) is 0 Å². The quantitative estimate of drug-likeness (QED) is 0.811. The third-order valence-corrected chi connectivity index (χ3v) is 3.52. The minimum absolute atomic E-state index is 0.119. The molecular formula is C16H21NO3. The van der Waals surface area contributed by atoms with Crippen molar-refractivity contribution in [3.05, 3.63) is 42.5 Å². The number of hydrogen-bond acceptors (Lipinski definition) is 3. The highest BCUT2D eigenvalue weighted by Gasteiger charge is 2.22. The Balaban J connectivity index is 1.99. The Kier molecular flexibility index (Phi) is 5.18. The lowest BCUT2D eigenvalue weighted by atomic mass is 9.93. The van der Waals surface area contributed by atoms with E-state index < -0.39 is 0 Å². The van der Waals surface area contributed by atoms with Crippen molar-refractivity contribution in [1.82, 2.24) is 5.32 Å². The highest BCUT2D eigenvalue weighted by atomic mass is 16.5. The molecule has 0 atom stereocenters. The second-order valence-corrected chi connectivity index (χ2v) is 5.07. The van der Waals surface area contributed by atoms with Crippen LogP contribution < -0.4 is 10.1 Å². The summed E-state index contributed by atoms with van der Waals surface area (Å²) in [6, 6.07) is 7.33. The SMILES string of the molecule is C=CCOc1ccccc1C(=O)NC1CCC(O)CC1. The minimum atomic E-state index is -0.216. The number of amides is 1. The van der Waals surface area contributed by atoms with Crippen LogP contribution in [0.3, 0.4) is 0 Å². The molecule has 1 saturated carbocycles. The molecule has 0 unspecified atom stereocenters. The minimum Gasteiger partial charge on any atom is -0.489 e. The average Bonchev–Trinajstić information content (AvgIpc) is 2.47. The number of rotatable bonds is 5. The van der Waals surface area contributed by atoms with Gasteiger partial charge in [-0.2, -0.15) is 0 Å². The van der Waals surface area contributed by atoms with Crippen molar-refractivity contribution in [2.75, 3.05) is 6.61 Å². The maximum absolute atomic E-state index is 12.3. The Morgan fingerprint density at radius 3 is 2.75 bits per heavy atom. The zero-order chi connectivity index (χ0) is 14.4. The van der Waals surface area contributed by atoms with Gasteiger partial charge in [-0.05, 0) is 37.8 Å². The van der Waals surface area contributed by atoms with Gasteiger partial charge in [-0.3, -0.25) is 4.79 Å². The van der Waals surface area contributed by atoms with Crippen molar-refractivity contribution >= 4 is 5.91 Å². The van der Waals surface area contributed by atoms with Crippen molar-refractivity contribution in [3.63, 3.8) is 0 Å². The zero-order valence-electron chi connectivity index (χ0n) is 11.5. The van der Waals surface area contributed by atoms with E-state index in [4.69, 9.17) is 4.74 Å². The van der Waals surface area contributed by atoms with Crippen LogP contribution in [0.15, 0.2) is 36.9 Å². The van der Waals surface area contributed by atoms with Crippen molar-refractivity contribution in [1.29, 1.82) is 0 Å². The first-order chi connectivity index (χ1) is 9.70. The lowest BCUT2D eigenvalue weighted by Crippen LogP contribution is -2.38. The predicted octanol–water partition coefficient (Wildman–Crippen LogP) is 2.28. The third-order valence-electron chi connectivity index (χ3n) is 3.52. The molecule has 0 heterocycles. The molecule has 20 heavy (non-hydrogen) atoms. The van der Waals surface area contributed by atoms with Crippen LogP contribution >= 0.6 is 0 Å². The van der Waals surface area contributed by atoms with Crippen molar-refractivity contribution in [3.8, 4) is 5.75 Å². The lowest BCUT2D eigenvalue weighted by Gasteiger charge is -2.26. The fourth-order valence-electron chi connectivity index (χ4n) is 2.41. The van der Waals surface area contributed by atoms with E-state index in [1.807, 2.05) is 12.1 Å². The van der Waals surface area contributed by atoms with Gasteiger partial charge in [0.1, 0.15) is 12.4 Å². The number of benzene rings is 1. The topological polar surface area (TPSA) is 58.6 Å². The van der Waals surface area contributed by atoms with Crippen LogP contribution in [0.2, 0.25) is 0 Å². The van der Waals surface area contributed by atoms with Gasteiger partial charge in [-0.1, -0.05) is 24.8 Å². The Morgan fingerprint density at radius 1 is 1.35 bits per heavy atom. The first-order valence-corrected chi connectivity index (χ1v) is 7.02. The first-order valence-electron chi connectivity index (χ1n) is 7.02.